The molecular formula is C15H17ClN2O2S. The van der Waals surface area contributed by atoms with Crippen LogP contribution in [0.15, 0.2) is 47.4 Å². The van der Waals surface area contributed by atoms with Gasteiger partial charge >= 0.3 is 0 Å². The molecule has 0 amide bonds. The molecule has 21 heavy (non-hydrogen) atoms. The van der Waals surface area contributed by atoms with Crippen molar-refractivity contribution in [3.63, 3.8) is 0 Å². The van der Waals surface area contributed by atoms with Gasteiger partial charge in [-0.05, 0) is 44.2 Å². The number of nitrogens with zero attached hydrogens (tertiary/aromatic N) is 1. The van der Waals surface area contributed by atoms with Crippen LogP contribution in [-0.4, -0.2) is 15.0 Å². The average molecular weight is 325 g/mol. The normalized spacial score (nSPS) is 11.4. The third kappa shape index (κ3) is 3.14. The van der Waals surface area contributed by atoms with Crippen LogP contribution in [0.25, 0.3) is 0 Å². The van der Waals surface area contributed by atoms with Gasteiger partial charge in [0.15, 0.2) is 0 Å². The summed E-state index contributed by atoms with van der Waals surface area (Å²) in [7, 11) is -3.66. The maximum absolute atomic E-state index is 12.7. The molecule has 2 aromatic carbocycles. The molecule has 6 heteroatoms. The molecule has 0 unspecified atom stereocenters. The minimum atomic E-state index is -3.66. The Balaban J connectivity index is 2.49. The summed E-state index contributed by atoms with van der Waals surface area (Å²) in [6.07, 6.45) is 0. The molecule has 0 radical (unpaired) electrons. The first-order valence-electron chi connectivity index (χ1n) is 6.50. The third-order valence-corrected chi connectivity index (χ3v) is 5.40. The van der Waals surface area contributed by atoms with E-state index in [1.54, 1.807) is 19.1 Å². The fourth-order valence-corrected chi connectivity index (χ4v) is 3.74. The number of anilines is 2. The Morgan fingerprint density at radius 1 is 1.14 bits per heavy atom. The highest BCUT2D eigenvalue weighted by atomic mass is 35.5. The maximum Gasteiger partial charge on any atom is 0.264 e. The molecule has 0 aliphatic rings. The lowest BCUT2D eigenvalue weighted by molar-refractivity contribution is 0.592. The Kier molecular flexibility index (Phi) is 4.44. The molecule has 0 atom stereocenters. The van der Waals surface area contributed by atoms with E-state index in [2.05, 4.69) is 0 Å². The Labute approximate surface area is 130 Å². The SMILES string of the molecule is CCN(c1ccc(C)cc1)S(=O)(=O)c1ccc(N)c(Cl)c1. The van der Waals surface area contributed by atoms with Crippen LogP contribution in [0.5, 0.6) is 0 Å². The van der Waals surface area contributed by atoms with Crippen molar-refractivity contribution in [1.82, 2.24) is 0 Å². The first-order chi connectivity index (χ1) is 9.86. The van der Waals surface area contributed by atoms with Crippen molar-refractivity contribution in [3.8, 4) is 0 Å². The minimum absolute atomic E-state index is 0.129. The molecule has 2 aromatic rings. The molecule has 0 saturated heterocycles. The lowest BCUT2D eigenvalue weighted by Crippen LogP contribution is -2.30. The summed E-state index contributed by atoms with van der Waals surface area (Å²) in [6, 6.07) is 11.7. The van der Waals surface area contributed by atoms with Gasteiger partial charge in [0, 0.05) is 6.54 Å². The molecule has 0 aliphatic heterocycles. The molecule has 0 heterocycles. The van der Waals surface area contributed by atoms with Gasteiger partial charge in [0.05, 0.1) is 21.3 Å². The highest BCUT2D eigenvalue weighted by Gasteiger charge is 2.24. The second kappa shape index (κ2) is 5.95. The number of hydrogen-bond acceptors (Lipinski definition) is 3. The van der Waals surface area contributed by atoms with Crippen LogP contribution in [0.3, 0.4) is 0 Å². The highest BCUT2D eigenvalue weighted by Crippen LogP contribution is 2.27. The Morgan fingerprint density at radius 2 is 1.76 bits per heavy atom. The number of hydrogen-bond donors (Lipinski definition) is 1. The Bertz CT molecular complexity index is 743. The van der Waals surface area contributed by atoms with Crippen LogP contribution < -0.4 is 10.0 Å². The van der Waals surface area contributed by atoms with E-state index in [9.17, 15) is 8.42 Å². The smallest absolute Gasteiger partial charge is 0.264 e. The van der Waals surface area contributed by atoms with Gasteiger partial charge in [-0.2, -0.15) is 0 Å². The minimum Gasteiger partial charge on any atom is -0.398 e. The van der Waals surface area contributed by atoms with E-state index in [4.69, 9.17) is 17.3 Å². The Morgan fingerprint density at radius 3 is 2.29 bits per heavy atom. The summed E-state index contributed by atoms with van der Waals surface area (Å²) in [5, 5.41) is 0.232. The zero-order valence-corrected chi connectivity index (χ0v) is 13.4. The largest absolute Gasteiger partial charge is 0.398 e. The van der Waals surface area contributed by atoms with Gasteiger partial charge in [-0.15, -0.1) is 0 Å². The number of sulfonamides is 1. The highest BCUT2D eigenvalue weighted by molar-refractivity contribution is 7.92. The van der Waals surface area contributed by atoms with Gasteiger partial charge in [0.1, 0.15) is 0 Å². The molecular weight excluding hydrogens is 308 g/mol. The summed E-state index contributed by atoms with van der Waals surface area (Å²) in [6.45, 7) is 4.07. The van der Waals surface area contributed by atoms with Crippen molar-refractivity contribution in [2.45, 2.75) is 18.7 Å². The summed E-state index contributed by atoms with van der Waals surface area (Å²) in [5.74, 6) is 0. The predicted molar refractivity (Wildman–Crippen MR) is 87.2 cm³/mol. The van der Waals surface area contributed by atoms with Crippen molar-refractivity contribution in [2.24, 2.45) is 0 Å². The molecule has 0 fully saturated rings. The number of nitrogens with two attached hydrogens (primary N) is 1. The van der Waals surface area contributed by atoms with Crippen LogP contribution in [-0.2, 0) is 10.0 Å². The van der Waals surface area contributed by atoms with E-state index < -0.39 is 10.0 Å². The lowest BCUT2D eigenvalue weighted by Gasteiger charge is -2.23. The second-order valence-electron chi connectivity index (χ2n) is 4.69. The quantitative estimate of drug-likeness (QED) is 0.876. The van der Waals surface area contributed by atoms with Crippen LogP contribution in [0.4, 0.5) is 11.4 Å². The third-order valence-electron chi connectivity index (χ3n) is 3.17. The van der Waals surface area contributed by atoms with Crippen molar-refractivity contribution < 1.29 is 8.42 Å². The van der Waals surface area contributed by atoms with Gasteiger partial charge in [0.25, 0.3) is 10.0 Å². The van der Waals surface area contributed by atoms with E-state index >= 15 is 0 Å². The molecule has 0 spiro atoms. The standard InChI is InChI=1S/C15H17ClN2O2S/c1-3-18(12-6-4-11(2)5-7-12)21(19,20)13-8-9-15(17)14(16)10-13/h4-10H,3,17H2,1-2H3. The predicted octanol–water partition coefficient (Wildman–Crippen LogP) is 3.45. The monoisotopic (exact) mass is 324 g/mol. The van der Waals surface area contributed by atoms with Crippen LogP contribution in [0.1, 0.15) is 12.5 Å². The number of rotatable bonds is 4. The maximum atomic E-state index is 12.7. The van der Waals surface area contributed by atoms with Crippen LogP contribution >= 0.6 is 11.6 Å². The number of nitrogen functional groups attached to an aromatic ring is 1. The summed E-state index contributed by atoms with van der Waals surface area (Å²) in [4.78, 5) is 0.129. The number of halogens is 1. The zero-order chi connectivity index (χ0) is 15.6. The molecule has 0 aromatic heterocycles. The van der Waals surface area contributed by atoms with Gasteiger partial charge < -0.3 is 5.73 Å². The summed E-state index contributed by atoms with van der Waals surface area (Å²) >= 11 is 5.93. The van der Waals surface area contributed by atoms with E-state index in [1.807, 2.05) is 19.1 Å². The zero-order valence-electron chi connectivity index (χ0n) is 11.9. The van der Waals surface area contributed by atoms with Gasteiger partial charge in [-0.1, -0.05) is 29.3 Å². The summed E-state index contributed by atoms with van der Waals surface area (Å²) in [5.41, 5.74) is 7.68. The van der Waals surface area contributed by atoms with E-state index in [0.717, 1.165) is 5.56 Å². The average Bonchev–Trinajstić information content (AvgIpc) is 2.44. The van der Waals surface area contributed by atoms with Crippen molar-refractivity contribution in [2.75, 3.05) is 16.6 Å². The molecule has 0 aliphatic carbocycles. The first-order valence-corrected chi connectivity index (χ1v) is 8.32. The number of benzene rings is 2. The topological polar surface area (TPSA) is 63.4 Å². The Hall–Kier alpha value is -1.72. The second-order valence-corrected chi connectivity index (χ2v) is 6.96. The molecule has 4 nitrogen and oxygen atoms in total. The summed E-state index contributed by atoms with van der Waals surface area (Å²) < 4.78 is 26.8. The fraction of sp³-hybridized carbons (Fsp3) is 0.200. The van der Waals surface area contributed by atoms with Crippen molar-refractivity contribution >= 4 is 33.0 Å². The lowest BCUT2D eigenvalue weighted by atomic mass is 10.2. The van der Waals surface area contributed by atoms with E-state index in [-0.39, 0.29) is 9.92 Å². The van der Waals surface area contributed by atoms with Gasteiger partial charge in [-0.25, -0.2) is 8.42 Å². The first kappa shape index (κ1) is 15.7. The fourth-order valence-electron chi connectivity index (χ4n) is 2.00. The van der Waals surface area contributed by atoms with E-state index in [1.165, 1.54) is 22.5 Å². The molecule has 2 N–H and O–H groups in total. The molecule has 2 rings (SSSR count). The molecule has 0 saturated carbocycles. The van der Waals surface area contributed by atoms with Crippen molar-refractivity contribution in [1.29, 1.82) is 0 Å². The van der Waals surface area contributed by atoms with Crippen molar-refractivity contribution in [3.05, 3.63) is 53.1 Å². The van der Waals surface area contributed by atoms with E-state index in [0.29, 0.717) is 17.9 Å². The van der Waals surface area contributed by atoms with Crippen LogP contribution in [0.2, 0.25) is 5.02 Å². The van der Waals surface area contributed by atoms with Gasteiger partial charge in [0.2, 0.25) is 0 Å². The molecule has 0 bridgehead atoms. The van der Waals surface area contributed by atoms with Gasteiger partial charge in [-0.3, -0.25) is 4.31 Å². The molecule has 112 valence electrons. The number of aryl methyl sites for hydroxylation is 1. The van der Waals surface area contributed by atoms with Crippen LogP contribution in [0, 0.1) is 6.92 Å².